The van der Waals surface area contributed by atoms with Gasteiger partial charge in [0.05, 0.1) is 5.92 Å². The van der Waals surface area contributed by atoms with E-state index in [4.69, 9.17) is 0 Å². The van der Waals surface area contributed by atoms with Crippen LogP contribution >= 0.6 is 0 Å². The Hall–Kier alpha value is -1.35. The number of hydrogen-bond donors (Lipinski definition) is 1. The van der Waals surface area contributed by atoms with Crippen molar-refractivity contribution in [1.29, 1.82) is 0 Å². The average molecular weight is 261 g/mol. The quantitative estimate of drug-likeness (QED) is 0.905. The lowest BCUT2D eigenvalue weighted by Crippen LogP contribution is -2.30. The molecule has 104 valence electrons. The summed E-state index contributed by atoms with van der Waals surface area (Å²) in [4.78, 5) is 13.6. The third-order valence-corrected chi connectivity index (χ3v) is 4.12. The molecule has 3 heteroatoms. The van der Waals surface area contributed by atoms with Crippen molar-refractivity contribution in [2.75, 3.05) is 20.1 Å². The van der Waals surface area contributed by atoms with Crippen molar-refractivity contribution >= 4 is 5.97 Å². The molecule has 1 heterocycles. The fraction of sp³-hybridized carbons (Fsp3) is 0.562. The molecular formula is C16H23NO2. The van der Waals surface area contributed by atoms with Crippen LogP contribution in [-0.2, 0) is 4.79 Å². The zero-order valence-corrected chi connectivity index (χ0v) is 11.8. The minimum Gasteiger partial charge on any atom is -0.481 e. The Morgan fingerprint density at radius 3 is 2.95 bits per heavy atom. The van der Waals surface area contributed by atoms with E-state index in [1.165, 1.54) is 24.9 Å². The lowest BCUT2D eigenvalue weighted by atomic mass is 9.87. The van der Waals surface area contributed by atoms with E-state index in [1.54, 1.807) is 0 Å². The third kappa shape index (κ3) is 3.35. The number of piperidine rings is 1. The zero-order valence-electron chi connectivity index (χ0n) is 11.8. The number of carboxylic acids is 1. The average Bonchev–Trinajstić information content (AvgIpc) is 2.39. The minimum atomic E-state index is -0.722. The van der Waals surface area contributed by atoms with Crippen molar-refractivity contribution < 1.29 is 9.90 Å². The van der Waals surface area contributed by atoms with Crippen molar-refractivity contribution in [3.8, 4) is 0 Å². The first-order valence-corrected chi connectivity index (χ1v) is 7.13. The molecule has 2 atom stereocenters. The molecule has 3 nitrogen and oxygen atoms in total. The fourth-order valence-electron chi connectivity index (χ4n) is 3.02. The van der Waals surface area contributed by atoms with E-state index in [9.17, 15) is 9.90 Å². The molecule has 1 aromatic carbocycles. The van der Waals surface area contributed by atoms with Crippen LogP contribution in [0.1, 0.15) is 49.1 Å². The molecule has 1 aromatic rings. The summed E-state index contributed by atoms with van der Waals surface area (Å²) in [6, 6.07) is 8.19. The molecule has 0 amide bonds. The van der Waals surface area contributed by atoms with Gasteiger partial charge in [-0.2, -0.15) is 0 Å². The predicted molar refractivity (Wildman–Crippen MR) is 76.6 cm³/mol. The molecule has 0 saturated carbocycles. The van der Waals surface area contributed by atoms with Crippen LogP contribution in [0.2, 0.25) is 0 Å². The highest BCUT2D eigenvalue weighted by Gasteiger charge is 2.22. The maximum absolute atomic E-state index is 11.3. The van der Waals surface area contributed by atoms with E-state index in [-0.39, 0.29) is 5.92 Å². The van der Waals surface area contributed by atoms with Gasteiger partial charge in [0.1, 0.15) is 0 Å². The van der Waals surface area contributed by atoms with E-state index < -0.39 is 5.97 Å². The van der Waals surface area contributed by atoms with Crippen LogP contribution in [-0.4, -0.2) is 36.1 Å². The predicted octanol–water partition coefficient (Wildman–Crippen LogP) is 3.07. The van der Waals surface area contributed by atoms with Crippen LogP contribution in [0.25, 0.3) is 0 Å². The standard InChI is InChI=1S/C16H23NO2/c1-3-15(16(18)19)13-7-4-6-12(10-13)14-8-5-9-17(2)11-14/h4,6-7,10,14-15H,3,5,8-9,11H2,1-2H3,(H,18,19). The van der Waals surface area contributed by atoms with E-state index in [0.717, 1.165) is 12.1 Å². The van der Waals surface area contributed by atoms with E-state index in [0.29, 0.717) is 12.3 Å². The first-order chi connectivity index (χ1) is 9.11. The number of aliphatic carboxylic acids is 1. The Balaban J connectivity index is 2.21. The maximum atomic E-state index is 11.3. The normalized spacial score (nSPS) is 22.1. The first kappa shape index (κ1) is 14.1. The molecule has 1 fully saturated rings. The minimum absolute atomic E-state index is 0.374. The van der Waals surface area contributed by atoms with Gasteiger partial charge in [-0.1, -0.05) is 31.2 Å². The number of likely N-dealkylation sites (tertiary alicyclic amines) is 1. The number of carbonyl (C=O) groups is 1. The number of carboxylic acid groups (broad SMARTS) is 1. The summed E-state index contributed by atoms with van der Waals surface area (Å²) >= 11 is 0. The Kier molecular flexibility index (Phi) is 4.59. The lowest BCUT2D eigenvalue weighted by Gasteiger charge is -2.30. The number of likely N-dealkylation sites (N-methyl/N-ethyl adjacent to an activating group) is 1. The summed E-state index contributed by atoms with van der Waals surface area (Å²) < 4.78 is 0. The molecule has 1 aliphatic rings. The molecule has 0 spiro atoms. The maximum Gasteiger partial charge on any atom is 0.310 e. The molecule has 1 N–H and O–H groups in total. The van der Waals surface area contributed by atoms with Gasteiger partial charge in [0.2, 0.25) is 0 Å². The molecule has 0 aliphatic carbocycles. The Morgan fingerprint density at radius 1 is 1.53 bits per heavy atom. The molecule has 2 unspecified atom stereocenters. The number of nitrogens with zero attached hydrogens (tertiary/aromatic N) is 1. The van der Waals surface area contributed by atoms with E-state index >= 15 is 0 Å². The highest BCUT2D eigenvalue weighted by molar-refractivity contribution is 5.76. The fourth-order valence-corrected chi connectivity index (χ4v) is 3.02. The van der Waals surface area contributed by atoms with Crippen molar-refractivity contribution in [3.63, 3.8) is 0 Å². The Labute approximate surface area is 115 Å². The van der Waals surface area contributed by atoms with Crippen molar-refractivity contribution in [2.45, 2.75) is 38.0 Å². The summed E-state index contributed by atoms with van der Waals surface area (Å²) in [5.74, 6) is -0.549. The van der Waals surface area contributed by atoms with Gasteiger partial charge < -0.3 is 10.0 Å². The van der Waals surface area contributed by atoms with Crippen LogP contribution in [0, 0.1) is 0 Å². The van der Waals surface area contributed by atoms with Crippen molar-refractivity contribution in [2.24, 2.45) is 0 Å². The molecule has 0 bridgehead atoms. The number of hydrogen-bond acceptors (Lipinski definition) is 2. The molecule has 2 rings (SSSR count). The van der Waals surface area contributed by atoms with Crippen LogP contribution in [0.5, 0.6) is 0 Å². The van der Waals surface area contributed by atoms with Crippen molar-refractivity contribution in [1.82, 2.24) is 4.90 Å². The topological polar surface area (TPSA) is 40.5 Å². The highest BCUT2D eigenvalue weighted by Crippen LogP contribution is 2.29. The van der Waals surface area contributed by atoms with Gasteiger partial charge in [0.25, 0.3) is 0 Å². The third-order valence-electron chi connectivity index (χ3n) is 4.12. The second kappa shape index (κ2) is 6.20. The van der Waals surface area contributed by atoms with Gasteiger partial charge in [-0.05, 0) is 49.9 Å². The van der Waals surface area contributed by atoms with Crippen LogP contribution < -0.4 is 0 Å². The molecule has 1 aliphatic heterocycles. The van der Waals surface area contributed by atoms with Crippen molar-refractivity contribution in [3.05, 3.63) is 35.4 Å². The summed E-state index contributed by atoms with van der Waals surface area (Å²) in [5.41, 5.74) is 2.24. The van der Waals surface area contributed by atoms with E-state index in [1.807, 2.05) is 19.1 Å². The van der Waals surface area contributed by atoms with Crippen LogP contribution in [0.15, 0.2) is 24.3 Å². The SMILES string of the molecule is CCC(C(=O)O)c1cccc(C2CCCN(C)C2)c1. The second-order valence-corrected chi connectivity index (χ2v) is 5.57. The van der Waals surface area contributed by atoms with Gasteiger partial charge in [-0.15, -0.1) is 0 Å². The smallest absolute Gasteiger partial charge is 0.310 e. The molecule has 0 aromatic heterocycles. The van der Waals surface area contributed by atoms with Gasteiger partial charge in [-0.3, -0.25) is 4.79 Å². The molecule has 19 heavy (non-hydrogen) atoms. The van der Waals surface area contributed by atoms with E-state index in [2.05, 4.69) is 24.1 Å². The molecule has 1 saturated heterocycles. The van der Waals surface area contributed by atoms with Gasteiger partial charge >= 0.3 is 5.97 Å². The monoisotopic (exact) mass is 261 g/mol. The second-order valence-electron chi connectivity index (χ2n) is 5.57. The molecule has 0 radical (unpaired) electrons. The molecular weight excluding hydrogens is 238 g/mol. The first-order valence-electron chi connectivity index (χ1n) is 7.13. The van der Waals surface area contributed by atoms with Crippen LogP contribution in [0.4, 0.5) is 0 Å². The lowest BCUT2D eigenvalue weighted by molar-refractivity contribution is -0.138. The highest BCUT2D eigenvalue weighted by atomic mass is 16.4. The number of rotatable bonds is 4. The van der Waals surface area contributed by atoms with Crippen LogP contribution in [0.3, 0.4) is 0 Å². The summed E-state index contributed by atoms with van der Waals surface area (Å²) in [6.45, 7) is 4.18. The summed E-state index contributed by atoms with van der Waals surface area (Å²) in [5, 5.41) is 9.26. The summed E-state index contributed by atoms with van der Waals surface area (Å²) in [6.07, 6.45) is 3.07. The Bertz CT molecular complexity index is 444. The van der Waals surface area contributed by atoms with Gasteiger partial charge in [0, 0.05) is 6.54 Å². The number of benzene rings is 1. The zero-order chi connectivity index (χ0) is 13.8. The Morgan fingerprint density at radius 2 is 2.32 bits per heavy atom. The summed E-state index contributed by atoms with van der Waals surface area (Å²) in [7, 11) is 2.15. The van der Waals surface area contributed by atoms with Gasteiger partial charge in [0.15, 0.2) is 0 Å². The largest absolute Gasteiger partial charge is 0.481 e. The van der Waals surface area contributed by atoms with Gasteiger partial charge in [-0.25, -0.2) is 0 Å².